The molecule has 7 nitrogen and oxygen atoms in total. The molecule has 0 saturated heterocycles. The van der Waals surface area contributed by atoms with Gasteiger partial charge in [-0.3, -0.25) is 9.59 Å². The highest BCUT2D eigenvalue weighted by Gasteiger charge is 2.43. The SMILES string of the molecule is CCOC(=O)[C@@H](CO)NC(=O)C1(NC(C)=O)CCCC1. The molecule has 0 aromatic carbocycles. The normalized spacial score (nSPS) is 18.1. The summed E-state index contributed by atoms with van der Waals surface area (Å²) in [5.74, 6) is -1.42. The lowest BCUT2D eigenvalue weighted by Crippen LogP contribution is -2.60. The number of rotatable bonds is 6. The predicted molar refractivity (Wildman–Crippen MR) is 70.7 cm³/mol. The number of carbonyl (C=O) groups excluding carboxylic acids is 3. The van der Waals surface area contributed by atoms with Crippen molar-refractivity contribution in [3.63, 3.8) is 0 Å². The number of hydrogen-bond donors (Lipinski definition) is 3. The summed E-state index contributed by atoms with van der Waals surface area (Å²) >= 11 is 0. The van der Waals surface area contributed by atoms with Crippen LogP contribution in [0.5, 0.6) is 0 Å². The molecule has 0 aliphatic heterocycles. The minimum atomic E-state index is -1.10. The molecular weight excluding hydrogens is 264 g/mol. The Kier molecular flexibility index (Phi) is 5.94. The number of aliphatic hydroxyl groups is 1. The lowest BCUT2D eigenvalue weighted by Gasteiger charge is -2.30. The Labute approximate surface area is 118 Å². The fourth-order valence-electron chi connectivity index (χ4n) is 2.44. The zero-order chi connectivity index (χ0) is 15.2. The Morgan fingerprint density at radius 1 is 1.30 bits per heavy atom. The van der Waals surface area contributed by atoms with Crippen LogP contribution in [0.1, 0.15) is 39.5 Å². The Balaban J connectivity index is 2.75. The number of hydrogen-bond acceptors (Lipinski definition) is 5. The summed E-state index contributed by atoms with van der Waals surface area (Å²) in [5, 5.41) is 14.3. The fraction of sp³-hybridized carbons (Fsp3) is 0.769. The van der Waals surface area contributed by atoms with Crippen molar-refractivity contribution >= 4 is 17.8 Å². The van der Waals surface area contributed by atoms with Crippen LogP contribution >= 0.6 is 0 Å². The third-order valence-electron chi connectivity index (χ3n) is 3.37. The molecule has 1 rings (SSSR count). The van der Waals surface area contributed by atoms with Crippen molar-refractivity contribution in [2.75, 3.05) is 13.2 Å². The third-order valence-corrected chi connectivity index (χ3v) is 3.37. The van der Waals surface area contributed by atoms with Gasteiger partial charge in [0.1, 0.15) is 5.54 Å². The number of nitrogens with one attached hydrogen (secondary N) is 2. The van der Waals surface area contributed by atoms with E-state index < -0.39 is 30.1 Å². The summed E-state index contributed by atoms with van der Waals surface area (Å²) in [4.78, 5) is 35.2. The zero-order valence-corrected chi connectivity index (χ0v) is 11.9. The Bertz CT molecular complexity index is 377. The summed E-state index contributed by atoms with van der Waals surface area (Å²) in [6.45, 7) is 2.62. The molecule has 0 unspecified atom stereocenters. The van der Waals surface area contributed by atoms with Gasteiger partial charge < -0.3 is 20.5 Å². The second-order valence-electron chi connectivity index (χ2n) is 4.93. The molecule has 0 radical (unpaired) electrons. The molecule has 0 aromatic rings. The van der Waals surface area contributed by atoms with E-state index in [0.29, 0.717) is 12.8 Å². The van der Waals surface area contributed by atoms with Gasteiger partial charge in [-0.1, -0.05) is 12.8 Å². The number of ether oxygens (including phenoxy) is 1. The van der Waals surface area contributed by atoms with Crippen molar-refractivity contribution in [2.45, 2.75) is 51.1 Å². The molecule has 1 atom stereocenters. The number of amides is 2. The molecule has 7 heteroatoms. The predicted octanol–water partition coefficient (Wildman–Crippen LogP) is -0.524. The van der Waals surface area contributed by atoms with E-state index in [1.165, 1.54) is 6.92 Å². The molecule has 0 aromatic heterocycles. The highest BCUT2D eigenvalue weighted by atomic mass is 16.5. The summed E-state index contributed by atoms with van der Waals surface area (Å²) < 4.78 is 4.77. The lowest BCUT2D eigenvalue weighted by atomic mass is 9.95. The number of aliphatic hydroxyl groups excluding tert-OH is 1. The molecular formula is C13H22N2O5. The smallest absolute Gasteiger partial charge is 0.331 e. The highest BCUT2D eigenvalue weighted by Crippen LogP contribution is 2.30. The van der Waals surface area contributed by atoms with Crippen molar-refractivity contribution in [3.05, 3.63) is 0 Å². The molecule has 1 saturated carbocycles. The van der Waals surface area contributed by atoms with E-state index in [-0.39, 0.29) is 12.5 Å². The molecule has 20 heavy (non-hydrogen) atoms. The summed E-state index contributed by atoms with van der Waals surface area (Å²) in [6.07, 6.45) is 2.71. The van der Waals surface area contributed by atoms with Gasteiger partial charge in [-0.15, -0.1) is 0 Å². The van der Waals surface area contributed by atoms with E-state index >= 15 is 0 Å². The number of esters is 1. The average molecular weight is 286 g/mol. The standard InChI is InChI=1S/C13H22N2O5/c1-3-20-11(18)10(8-16)14-12(19)13(15-9(2)17)6-4-5-7-13/h10,16H,3-8H2,1-2H3,(H,14,19)(H,15,17)/t10-/m1/s1. The summed E-state index contributed by atoms with van der Waals surface area (Å²) in [7, 11) is 0. The molecule has 1 aliphatic rings. The van der Waals surface area contributed by atoms with Gasteiger partial charge in [0.15, 0.2) is 6.04 Å². The van der Waals surface area contributed by atoms with E-state index in [1.54, 1.807) is 6.92 Å². The van der Waals surface area contributed by atoms with Gasteiger partial charge in [-0.2, -0.15) is 0 Å². The van der Waals surface area contributed by atoms with Crippen LogP contribution in [-0.2, 0) is 19.1 Å². The molecule has 1 aliphatic carbocycles. The topological polar surface area (TPSA) is 105 Å². The van der Waals surface area contributed by atoms with Crippen molar-refractivity contribution in [1.29, 1.82) is 0 Å². The summed E-state index contributed by atoms with van der Waals surface area (Å²) in [6, 6.07) is -1.10. The maximum Gasteiger partial charge on any atom is 0.331 e. The van der Waals surface area contributed by atoms with Crippen molar-refractivity contribution in [3.8, 4) is 0 Å². The first-order chi connectivity index (χ1) is 9.45. The van der Waals surface area contributed by atoms with Gasteiger partial charge in [0.05, 0.1) is 13.2 Å². The first kappa shape index (κ1) is 16.4. The Morgan fingerprint density at radius 2 is 1.90 bits per heavy atom. The van der Waals surface area contributed by atoms with Crippen LogP contribution in [0, 0.1) is 0 Å². The minimum absolute atomic E-state index is 0.169. The van der Waals surface area contributed by atoms with Gasteiger partial charge in [0.25, 0.3) is 0 Å². The minimum Gasteiger partial charge on any atom is -0.464 e. The van der Waals surface area contributed by atoms with E-state index in [1.807, 2.05) is 0 Å². The second kappa shape index (κ2) is 7.23. The van der Waals surface area contributed by atoms with E-state index in [9.17, 15) is 19.5 Å². The monoisotopic (exact) mass is 286 g/mol. The second-order valence-corrected chi connectivity index (χ2v) is 4.93. The number of carbonyl (C=O) groups is 3. The third kappa shape index (κ3) is 3.93. The molecule has 114 valence electrons. The maximum atomic E-state index is 12.3. The zero-order valence-electron chi connectivity index (χ0n) is 11.9. The van der Waals surface area contributed by atoms with Gasteiger partial charge in [-0.05, 0) is 19.8 Å². The quantitative estimate of drug-likeness (QED) is 0.570. The highest BCUT2D eigenvalue weighted by molar-refractivity contribution is 5.93. The van der Waals surface area contributed by atoms with Crippen molar-refractivity contribution in [1.82, 2.24) is 10.6 Å². The van der Waals surface area contributed by atoms with Crippen LogP contribution in [0.2, 0.25) is 0 Å². The van der Waals surface area contributed by atoms with Crippen LogP contribution in [0.4, 0.5) is 0 Å². The largest absolute Gasteiger partial charge is 0.464 e. The van der Waals surface area contributed by atoms with Gasteiger partial charge in [0, 0.05) is 6.92 Å². The van der Waals surface area contributed by atoms with Crippen molar-refractivity contribution < 1.29 is 24.2 Å². The lowest BCUT2D eigenvalue weighted by molar-refractivity contribution is -0.149. The first-order valence-electron chi connectivity index (χ1n) is 6.82. The molecule has 1 fully saturated rings. The molecule has 3 N–H and O–H groups in total. The van der Waals surface area contributed by atoms with Gasteiger partial charge >= 0.3 is 5.97 Å². The first-order valence-corrected chi connectivity index (χ1v) is 6.82. The molecule has 2 amide bonds. The van der Waals surface area contributed by atoms with E-state index in [2.05, 4.69) is 10.6 Å². The fourth-order valence-corrected chi connectivity index (χ4v) is 2.44. The molecule has 0 bridgehead atoms. The van der Waals surface area contributed by atoms with Gasteiger partial charge in [-0.25, -0.2) is 4.79 Å². The Hall–Kier alpha value is -1.63. The average Bonchev–Trinajstić information content (AvgIpc) is 2.84. The van der Waals surface area contributed by atoms with Crippen LogP contribution in [0.3, 0.4) is 0 Å². The summed E-state index contributed by atoms with van der Waals surface area (Å²) in [5.41, 5.74) is -0.980. The van der Waals surface area contributed by atoms with Gasteiger partial charge in [0.2, 0.25) is 11.8 Å². The maximum absolute atomic E-state index is 12.3. The van der Waals surface area contributed by atoms with E-state index in [0.717, 1.165) is 12.8 Å². The van der Waals surface area contributed by atoms with Crippen LogP contribution in [0.15, 0.2) is 0 Å². The van der Waals surface area contributed by atoms with Crippen molar-refractivity contribution in [2.24, 2.45) is 0 Å². The molecule has 0 heterocycles. The molecule has 0 spiro atoms. The van der Waals surface area contributed by atoms with E-state index in [4.69, 9.17) is 4.74 Å². The van der Waals surface area contributed by atoms with Crippen LogP contribution in [0.25, 0.3) is 0 Å². The van der Waals surface area contributed by atoms with Crippen LogP contribution in [-0.4, -0.2) is 47.7 Å². The van der Waals surface area contributed by atoms with Crippen LogP contribution < -0.4 is 10.6 Å². The Morgan fingerprint density at radius 3 is 2.35 bits per heavy atom.